The van der Waals surface area contributed by atoms with Crippen molar-refractivity contribution in [2.75, 3.05) is 0 Å². The average molecular weight is 385 g/mol. The number of hydrogen-bond acceptors (Lipinski definition) is 3. The van der Waals surface area contributed by atoms with Gasteiger partial charge in [-0.05, 0) is 23.6 Å². The van der Waals surface area contributed by atoms with Crippen LogP contribution in [0.4, 0.5) is 0 Å². The summed E-state index contributed by atoms with van der Waals surface area (Å²) in [4.78, 5) is 11.9. The molecule has 28 heavy (non-hydrogen) atoms. The second kappa shape index (κ2) is 10.0. The van der Waals surface area contributed by atoms with Gasteiger partial charge in [-0.3, -0.25) is 10.1 Å². The molecule has 0 bridgehead atoms. The van der Waals surface area contributed by atoms with Gasteiger partial charge in [0.25, 0.3) is 0 Å². The van der Waals surface area contributed by atoms with E-state index in [2.05, 4.69) is 5.32 Å². The molecule has 5 heteroatoms. The molecule has 0 heterocycles. The fourth-order valence-electron chi connectivity index (χ4n) is 3.44. The summed E-state index contributed by atoms with van der Waals surface area (Å²) in [7, 11) is 0. The minimum atomic E-state index is -1.15. The van der Waals surface area contributed by atoms with Crippen LogP contribution in [0.1, 0.15) is 23.6 Å². The van der Waals surface area contributed by atoms with Gasteiger partial charge in [-0.15, -0.1) is 0 Å². The van der Waals surface area contributed by atoms with Crippen molar-refractivity contribution in [2.45, 2.75) is 24.6 Å². The zero-order valence-electron chi connectivity index (χ0n) is 15.1. The number of nitrogens with one attached hydrogen (secondary N) is 1. The van der Waals surface area contributed by atoms with Gasteiger partial charge in [-0.2, -0.15) is 0 Å². The van der Waals surface area contributed by atoms with E-state index in [9.17, 15) is 15.0 Å². The Balaban J connectivity index is 0.00000280. The van der Waals surface area contributed by atoms with Gasteiger partial charge in [0.1, 0.15) is 6.04 Å². The maximum absolute atomic E-state index is 11.9. The van der Waals surface area contributed by atoms with E-state index in [1.54, 1.807) is 0 Å². The van der Waals surface area contributed by atoms with Gasteiger partial charge in [-0.25, -0.2) is 0 Å². The predicted molar refractivity (Wildman–Crippen MR) is 113 cm³/mol. The molecule has 0 aliphatic rings. The zero-order valence-corrected chi connectivity index (χ0v) is 15.1. The summed E-state index contributed by atoms with van der Waals surface area (Å²) in [6, 6.07) is 28.0. The Kier molecular flexibility index (Phi) is 7.98. The summed E-state index contributed by atoms with van der Waals surface area (Å²) in [5.74, 6) is -1.10. The van der Waals surface area contributed by atoms with Crippen LogP contribution in [0.3, 0.4) is 0 Å². The first-order chi connectivity index (χ1) is 13.1. The van der Waals surface area contributed by atoms with Crippen LogP contribution in [-0.4, -0.2) is 57.9 Å². The molecule has 3 rings (SSSR count). The van der Waals surface area contributed by atoms with E-state index in [4.69, 9.17) is 0 Å². The summed E-state index contributed by atoms with van der Waals surface area (Å²) in [6.07, 6.45) is -1.07. The Morgan fingerprint density at radius 2 is 1.11 bits per heavy atom. The van der Waals surface area contributed by atoms with Crippen LogP contribution in [0.5, 0.6) is 0 Å². The van der Waals surface area contributed by atoms with Crippen LogP contribution in [0.15, 0.2) is 91.0 Å². The molecule has 0 saturated carbocycles. The van der Waals surface area contributed by atoms with Gasteiger partial charge in [0, 0.05) is 0 Å². The SMILES string of the molecule is CC(O)C(NC(c1ccccc1)(c1ccccc1)c1ccccc1)C(=O)O.[NaH]. The molecule has 0 aliphatic carbocycles. The van der Waals surface area contributed by atoms with Gasteiger partial charge in [0.2, 0.25) is 0 Å². The van der Waals surface area contributed by atoms with Crippen LogP contribution in [0.25, 0.3) is 0 Å². The third kappa shape index (κ3) is 4.54. The molecule has 0 fully saturated rings. The van der Waals surface area contributed by atoms with Crippen molar-refractivity contribution in [3.8, 4) is 0 Å². The number of aliphatic carboxylic acids is 1. The van der Waals surface area contributed by atoms with E-state index >= 15 is 0 Å². The molecule has 3 N–H and O–H groups in total. The molecule has 140 valence electrons. The maximum atomic E-state index is 11.9. The molecule has 0 aliphatic heterocycles. The van der Waals surface area contributed by atoms with E-state index in [0.29, 0.717) is 0 Å². The first-order valence-corrected chi connectivity index (χ1v) is 8.91. The fourth-order valence-corrected chi connectivity index (χ4v) is 3.44. The summed E-state index contributed by atoms with van der Waals surface area (Å²) < 4.78 is 0. The second-order valence-electron chi connectivity index (χ2n) is 6.55. The first-order valence-electron chi connectivity index (χ1n) is 8.91. The number of carboxylic acids is 1. The molecule has 2 atom stereocenters. The van der Waals surface area contributed by atoms with Crippen LogP contribution in [0, 0.1) is 0 Å². The zero-order chi connectivity index (χ0) is 19.3. The molecular formula is C23H24NNaO3. The topological polar surface area (TPSA) is 69.6 Å². The second-order valence-corrected chi connectivity index (χ2v) is 6.55. The Labute approximate surface area is 187 Å². The normalized spacial score (nSPS) is 13.2. The fraction of sp³-hybridized carbons (Fsp3) is 0.174. The van der Waals surface area contributed by atoms with Crippen molar-refractivity contribution in [3.63, 3.8) is 0 Å². The molecule has 0 spiro atoms. The summed E-state index contributed by atoms with van der Waals surface area (Å²) in [5, 5.41) is 23.1. The number of hydrogen-bond donors (Lipinski definition) is 3. The molecule has 0 amide bonds. The third-order valence-corrected chi connectivity index (χ3v) is 4.74. The Morgan fingerprint density at radius 1 is 0.786 bits per heavy atom. The van der Waals surface area contributed by atoms with Crippen molar-refractivity contribution >= 4 is 35.5 Å². The number of benzene rings is 3. The van der Waals surface area contributed by atoms with E-state index in [0.717, 1.165) is 16.7 Å². The average Bonchev–Trinajstić information content (AvgIpc) is 2.70. The number of rotatable bonds is 7. The van der Waals surface area contributed by atoms with Crippen LogP contribution in [0.2, 0.25) is 0 Å². The van der Waals surface area contributed by atoms with Gasteiger partial charge in [0.05, 0.1) is 11.6 Å². The van der Waals surface area contributed by atoms with Crippen molar-refractivity contribution < 1.29 is 15.0 Å². The molecular weight excluding hydrogens is 361 g/mol. The van der Waals surface area contributed by atoms with E-state index in [1.165, 1.54) is 6.92 Å². The Hall–Kier alpha value is -1.95. The van der Waals surface area contributed by atoms with Crippen molar-refractivity contribution in [2.24, 2.45) is 0 Å². The molecule has 3 aromatic rings. The number of carbonyl (C=O) groups is 1. The predicted octanol–water partition coefficient (Wildman–Crippen LogP) is 2.75. The Morgan fingerprint density at radius 3 is 1.36 bits per heavy atom. The van der Waals surface area contributed by atoms with Gasteiger partial charge >= 0.3 is 35.5 Å². The quantitative estimate of drug-likeness (QED) is 0.432. The first kappa shape index (κ1) is 22.3. The standard InChI is InChI=1S/C23H23NO3.Na.H/c1-17(25)21(22(26)27)24-23(18-11-5-2-6-12-18,19-13-7-3-8-14-19)20-15-9-4-10-16-20;;/h2-17,21,24-25H,1H3,(H,26,27);;. The molecule has 4 nitrogen and oxygen atoms in total. The molecule has 0 aromatic heterocycles. The van der Waals surface area contributed by atoms with Crippen molar-refractivity contribution in [3.05, 3.63) is 108 Å². The Bertz CT molecular complexity index is 773. The van der Waals surface area contributed by atoms with Gasteiger partial charge in [-0.1, -0.05) is 91.0 Å². The minimum absolute atomic E-state index is 0. The van der Waals surface area contributed by atoms with E-state index in [-0.39, 0.29) is 29.6 Å². The summed E-state index contributed by atoms with van der Waals surface area (Å²) in [5.41, 5.74) is 1.77. The number of aliphatic hydroxyl groups is 1. The van der Waals surface area contributed by atoms with Gasteiger partial charge < -0.3 is 10.2 Å². The van der Waals surface area contributed by atoms with Crippen molar-refractivity contribution in [1.29, 1.82) is 0 Å². The van der Waals surface area contributed by atoms with Crippen molar-refractivity contribution in [1.82, 2.24) is 5.32 Å². The molecule has 3 aromatic carbocycles. The summed E-state index contributed by atoms with van der Waals surface area (Å²) >= 11 is 0. The van der Waals surface area contributed by atoms with Crippen LogP contribution < -0.4 is 5.32 Å². The molecule has 2 unspecified atom stereocenters. The van der Waals surface area contributed by atoms with Crippen LogP contribution >= 0.6 is 0 Å². The third-order valence-electron chi connectivity index (χ3n) is 4.74. The molecule has 0 saturated heterocycles. The van der Waals surface area contributed by atoms with Gasteiger partial charge in [0.15, 0.2) is 0 Å². The molecule has 0 radical (unpaired) electrons. The monoisotopic (exact) mass is 385 g/mol. The summed E-state index contributed by atoms with van der Waals surface area (Å²) in [6.45, 7) is 1.48. The number of aliphatic hydroxyl groups excluding tert-OH is 1. The number of carboxylic acid groups (broad SMARTS) is 1. The van der Waals surface area contributed by atoms with E-state index < -0.39 is 23.7 Å². The van der Waals surface area contributed by atoms with E-state index in [1.807, 2.05) is 91.0 Å². The van der Waals surface area contributed by atoms with Crippen LogP contribution in [-0.2, 0) is 10.3 Å².